The molecule has 4 N–H and O–H groups in total. The lowest BCUT2D eigenvalue weighted by Crippen LogP contribution is -2.54. The van der Waals surface area contributed by atoms with E-state index in [2.05, 4.69) is 22.8 Å². The summed E-state index contributed by atoms with van der Waals surface area (Å²) in [4.78, 5) is 40.3. The van der Waals surface area contributed by atoms with Crippen LogP contribution >= 0.6 is 24.8 Å². The quantitative estimate of drug-likeness (QED) is 0.528. The molecule has 3 rings (SSSR count). The summed E-state index contributed by atoms with van der Waals surface area (Å²) < 4.78 is 0. The van der Waals surface area contributed by atoms with Crippen molar-refractivity contribution in [1.29, 1.82) is 0 Å². The maximum Gasteiger partial charge on any atom is 0.239 e. The Labute approximate surface area is 196 Å². The summed E-state index contributed by atoms with van der Waals surface area (Å²) in [6.07, 6.45) is 2.85. The first kappa shape index (κ1) is 27.2. The van der Waals surface area contributed by atoms with Gasteiger partial charge in [0.15, 0.2) is 0 Å². The van der Waals surface area contributed by atoms with Gasteiger partial charge >= 0.3 is 0 Å². The third kappa shape index (κ3) is 7.96. The zero-order chi connectivity index (χ0) is 20.6. The summed E-state index contributed by atoms with van der Waals surface area (Å²) in [5.74, 6) is 0.00606. The number of piperazine rings is 1. The van der Waals surface area contributed by atoms with E-state index in [1.165, 1.54) is 5.56 Å². The third-order valence-electron chi connectivity index (χ3n) is 5.62. The molecule has 2 aliphatic rings. The Morgan fingerprint density at radius 1 is 1.03 bits per heavy atom. The van der Waals surface area contributed by atoms with Crippen molar-refractivity contribution < 1.29 is 14.4 Å². The first-order valence-corrected chi connectivity index (χ1v) is 10.4. The molecule has 1 unspecified atom stereocenters. The van der Waals surface area contributed by atoms with Gasteiger partial charge in [-0.3, -0.25) is 14.4 Å². The highest BCUT2D eigenvalue weighted by Crippen LogP contribution is 2.13. The first-order chi connectivity index (χ1) is 14.1. The fourth-order valence-corrected chi connectivity index (χ4v) is 3.96. The van der Waals surface area contributed by atoms with Crippen molar-refractivity contribution in [3.05, 3.63) is 35.9 Å². The number of benzene rings is 1. The normalized spacial score (nSPS) is 20.4. The minimum Gasteiger partial charge on any atom is -0.351 e. The largest absolute Gasteiger partial charge is 0.351 e. The molecule has 2 atom stereocenters. The molecule has 2 aliphatic heterocycles. The lowest BCUT2D eigenvalue weighted by molar-refractivity contribution is -0.140. The SMILES string of the molecule is Cl.Cl.NCC(=O)NC1CN[C@@H](C(=O)N2CCN(C(=O)CCCc3ccccc3)CC2)C1. The van der Waals surface area contributed by atoms with Gasteiger partial charge in [-0.25, -0.2) is 0 Å². The van der Waals surface area contributed by atoms with Crippen LogP contribution < -0.4 is 16.4 Å². The minimum absolute atomic E-state index is 0. The number of carbonyl (C=O) groups is 3. The summed E-state index contributed by atoms with van der Waals surface area (Å²) in [6.45, 7) is 2.80. The molecule has 0 bridgehead atoms. The number of nitrogens with two attached hydrogens (primary N) is 1. The maximum atomic E-state index is 12.7. The smallest absolute Gasteiger partial charge is 0.239 e. The van der Waals surface area contributed by atoms with Gasteiger partial charge in [0, 0.05) is 45.2 Å². The van der Waals surface area contributed by atoms with Gasteiger partial charge in [0.25, 0.3) is 0 Å². The molecule has 10 heteroatoms. The monoisotopic (exact) mass is 473 g/mol. The lowest BCUT2D eigenvalue weighted by Gasteiger charge is -2.36. The van der Waals surface area contributed by atoms with Crippen LogP contribution in [0.4, 0.5) is 0 Å². The Bertz CT molecular complexity index is 714. The predicted octanol–water partition coefficient (Wildman–Crippen LogP) is 0.329. The van der Waals surface area contributed by atoms with Crippen LogP contribution in [0.5, 0.6) is 0 Å². The maximum absolute atomic E-state index is 12.7. The summed E-state index contributed by atoms with van der Waals surface area (Å²) in [5.41, 5.74) is 6.57. The second-order valence-corrected chi connectivity index (χ2v) is 7.71. The number of nitrogens with one attached hydrogen (secondary N) is 2. The van der Waals surface area contributed by atoms with Crippen molar-refractivity contribution in [2.24, 2.45) is 5.73 Å². The molecule has 3 amide bonds. The van der Waals surface area contributed by atoms with Gasteiger partial charge in [-0.1, -0.05) is 30.3 Å². The van der Waals surface area contributed by atoms with Crippen LogP contribution in [0.25, 0.3) is 0 Å². The Hall–Kier alpha value is -1.87. The van der Waals surface area contributed by atoms with Gasteiger partial charge in [-0.15, -0.1) is 24.8 Å². The summed E-state index contributed by atoms with van der Waals surface area (Å²) in [5, 5.41) is 6.00. The van der Waals surface area contributed by atoms with E-state index in [0.29, 0.717) is 45.6 Å². The molecular weight excluding hydrogens is 441 g/mol. The molecule has 174 valence electrons. The minimum atomic E-state index is -0.286. The standard InChI is InChI=1S/C21H31N5O3.2ClH/c22-14-19(27)24-17-13-18(23-15-17)21(29)26-11-9-25(10-12-26)20(28)8-4-7-16-5-2-1-3-6-16;;/h1-3,5-6,17-18,23H,4,7-15,22H2,(H,24,27);2*1H/t17?,18-;;/m1../s1. The lowest BCUT2D eigenvalue weighted by atomic mass is 10.1. The van der Waals surface area contributed by atoms with Gasteiger partial charge in [0.05, 0.1) is 12.6 Å². The summed E-state index contributed by atoms with van der Waals surface area (Å²) in [7, 11) is 0. The highest BCUT2D eigenvalue weighted by Gasteiger charge is 2.34. The average molecular weight is 474 g/mol. The van der Waals surface area contributed by atoms with Crippen molar-refractivity contribution in [3.8, 4) is 0 Å². The van der Waals surface area contributed by atoms with Crippen LogP contribution in [-0.2, 0) is 20.8 Å². The van der Waals surface area contributed by atoms with Gasteiger partial charge in [0.2, 0.25) is 17.7 Å². The zero-order valence-corrected chi connectivity index (χ0v) is 19.3. The molecule has 2 fully saturated rings. The van der Waals surface area contributed by atoms with Crippen LogP contribution in [0.1, 0.15) is 24.8 Å². The highest BCUT2D eigenvalue weighted by atomic mass is 35.5. The highest BCUT2D eigenvalue weighted by molar-refractivity contribution is 5.86. The first-order valence-electron chi connectivity index (χ1n) is 10.4. The van der Waals surface area contributed by atoms with E-state index in [0.717, 1.165) is 12.8 Å². The van der Waals surface area contributed by atoms with Crippen molar-refractivity contribution in [2.75, 3.05) is 39.3 Å². The number of carbonyl (C=O) groups excluding carboxylic acids is 3. The van der Waals surface area contributed by atoms with Crippen LogP contribution in [0.3, 0.4) is 0 Å². The van der Waals surface area contributed by atoms with E-state index in [-0.39, 0.29) is 61.2 Å². The van der Waals surface area contributed by atoms with E-state index in [1.807, 2.05) is 28.0 Å². The fraction of sp³-hybridized carbons (Fsp3) is 0.571. The molecule has 0 aliphatic carbocycles. The van der Waals surface area contributed by atoms with E-state index in [4.69, 9.17) is 5.73 Å². The van der Waals surface area contributed by atoms with Crippen LogP contribution in [0, 0.1) is 0 Å². The van der Waals surface area contributed by atoms with Gasteiger partial charge in [-0.2, -0.15) is 0 Å². The third-order valence-corrected chi connectivity index (χ3v) is 5.62. The molecule has 0 spiro atoms. The Morgan fingerprint density at radius 2 is 1.68 bits per heavy atom. The molecule has 2 heterocycles. The fourth-order valence-electron chi connectivity index (χ4n) is 3.96. The number of amides is 3. The number of aryl methyl sites for hydroxylation is 1. The number of hydrogen-bond donors (Lipinski definition) is 3. The van der Waals surface area contributed by atoms with Crippen molar-refractivity contribution >= 4 is 42.5 Å². The summed E-state index contributed by atoms with van der Waals surface area (Å²) >= 11 is 0. The van der Waals surface area contributed by atoms with Crippen LogP contribution in [0.2, 0.25) is 0 Å². The van der Waals surface area contributed by atoms with E-state index in [1.54, 1.807) is 0 Å². The molecule has 8 nitrogen and oxygen atoms in total. The molecule has 0 saturated carbocycles. The van der Waals surface area contributed by atoms with E-state index in [9.17, 15) is 14.4 Å². The Morgan fingerprint density at radius 3 is 2.32 bits per heavy atom. The van der Waals surface area contributed by atoms with E-state index >= 15 is 0 Å². The molecule has 0 radical (unpaired) electrons. The molecular formula is C21H33Cl2N5O3. The van der Waals surface area contributed by atoms with Gasteiger partial charge < -0.3 is 26.2 Å². The van der Waals surface area contributed by atoms with Gasteiger partial charge in [-0.05, 0) is 24.8 Å². The molecule has 1 aromatic rings. The second kappa shape index (κ2) is 13.5. The van der Waals surface area contributed by atoms with Crippen molar-refractivity contribution in [1.82, 2.24) is 20.4 Å². The zero-order valence-electron chi connectivity index (χ0n) is 17.6. The predicted molar refractivity (Wildman–Crippen MR) is 124 cm³/mol. The van der Waals surface area contributed by atoms with Crippen molar-refractivity contribution in [3.63, 3.8) is 0 Å². The van der Waals surface area contributed by atoms with Gasteiger partial charge in [0.1, 0.15) is 0 Å². The van der Waals surface area contributed by atoms with Crippen molar-refractivity contribution in [2.45, 2.75) is 37.8 Å². The number of halogens is 2. The molecule has 31 heavy (non-hydrogen) atoms. The average Bonchev–Trinajstić information content (AvgIpc) is 3.22. The molecule has 1 aromatic carbocycles. The number of hydrogen-bond acceptors (Lipinski definition) is 5. The Kier molecular flexibility index (Phi) is 11.8. The molecule has 0 aromatic heterocycles. The summed E-state index contributed by atoms with van der Waals surface area (Å²) in [6, 6.07) is 9.84. The molecule has 2 saturated heterocycles. The number of rotatable bonds is 7. The van der Waals surface area contributed by atoms with Crippen LogP contribution in [0.15, 0.2) is 30.3 Å². The Balaban J connectivity index is 0.00000240. The van der Waals surface area contributed by atoms with Crippen LogP contribution in [-0.4, -0.2) is 78.9 Å². The number of nitrogens with zero attached hydrogens (tertiary/aromatic N) is 2. The topological polar surface area (TPSA) is 108 Å². The van der Waals surface area contributed by atoms with E-state index < -0.39 is 0 Å². The second-order valence-electron chi connectivity index (χ2n) is 7.71.